The molecule has 0 fully saturated rings. The standard InChI is InChI=1S/C9H11N3O/c1-2-12-9(10)7-5-6(13)3-4-8(7)11-12/h3-5,13H,2,10H2,1H3. The lowest BCUT2D eigenvalue weighted by Crippen LogP contribution is -2.01. The van der Waals surface area contributed by atoms with E-state index >= 15 is 0 Å². The molecule has 0 aliphatic carbocycles. The van der Waals surface area contributed by atoms with Crippen LogP contribution in [0.1, 0.15) is 6.92 Å². The van der Waals surface area contributed by atoms with Gasteiger partial charge in [-0.2, -0.15) is 5.10 Å². The van der Waals surface area contributed by atoms with Crippen molar-refractivity contribution < 1.29 is 5.11 Å². The second-order valence-corrected chi connectivity index (χ2v) is 2.90. The lowest BCUT2D eigenvalue weighted by atomic mass is 10.2. The van der Waals surface area contributed by atoms with Gasteiger partial charge in [-0.3, -0.25) is 0 Å². The van der Waals surface area contributed by atoms with E-state index in [1.54, 1.807) is 22.9 Å². The molecule has 1 aromatic carbocycles. The number of aromatic hydroxyl groups is 1. The highest BCUT2D eigenvalue weighted by molar-refractivity contribution is 5.89. The maximum atomic E-state index is 9.24. The molecule has 0 saturated heterocycles. The number of phenolic OH excluding ortho intramolecular Hbond substituents is 1. The van der Waals surface area contributed by atoms with Crippen molar-refractivity contribution in [3.05, 3.63) is 18.2 Å². The summed E-state index contributed by atoms with van der Waals surface area (Å²) in [7, 11) is 0. The number of nitrogen functional groups attached to an aromatic ring is 1. The van der Waals surface area contributed by atoms with E-state index in [1.165, 1.54) is 0 Å². The smallest absolute Gasteiger partial charge is 0.129 e. The second-order valence-electron chi connectivity index (χ2n) is 2.90. The maximum Gasteiger partial charge on any atom is 0.129 e. The van der Waals surface area contributed by atoms with Crippen molar-refractivity contribution in [2.24, 2.45) is 0 Å². The fourth-order valence-electron chi connectivity index (χ4n) is 1.38. The Labute approximate surface area is 75.6 Å². The van der Waals surface area contributed by atoms with E-state index in [4.69, 9.17) is 5.73 Å². The fourth-order valence-corrected chi connectivity index (χ4v) is 1.38. The monoisotopic (exact) mass is 177 g/mol. The van der Waals surface area contributed by atoms with Crippen LogP contribution in [-0.2, 0) is 6.54 Å². The average Bonchev–Trinajstić information content (AvgIpc) is 2.44. The first kappa shape index (κ1) is 7.91. The summed E-state index contributed by atoms with van der Waals surface area (Å²) in [6.07, 6.45) is 0. The molecule has 0 atom stereocenters. The summed E-state index contributed by atoms with van der Waals surface area (Å²) in [5, 5.41) is 14.3. The van der Waals surface area contributed by atoms with E-state index in [2.05, 4.69) is 5.10 Å². The van der Waals surface area contributed by atoms with Crippen LogP contribution in [0.3, 0.4) is 0 Å². The number of rotatable bonds is 1. The first-order valence-corrected chi connectivity index (χ1v) is 4.17. The minimum absolute atomic E-state index is 0.217. The zero-order valence-corrected chi connectivity index (χ0v) is 7.36. The predicted octanol–water partition coefficient (Wildman–Crippen LogP) is 1.34. The molecule has 1 heterocycles. The van der Waals surface area contributed by atoms with Crippen LogP contribution in [0.4, 0.5) is 5.82 Å². The average molecular weight is 177 g/mol. The summed E-state index contributed by atoms with van der Waals surface area (Å²) in [5.74, 6) is 0.822. The zero-order valence-electron chi connectivity index (χ0n) is 7.36. The second kappa shape index (κ2) is 2.65. The number of nitrogens with zero attached hydrogens (tertiary/aromatic N) is 2. The third-order valence-electron chi connectivity index (χ3n) is 2.06. The van der Waals surface area contributed by atoms with E-state index < -0.39 is 0 Å². The Morgan fingerprint density at radius 3 is 3.00 bits per heavy atom. The Morgan fingerprint density at radius 2 is 2.31 bits per heavy atom. The molecule has 3 N–H and O–H groups in total. The van der Waals surface area contributed by atoms with E-state index in [0.717, 1.165) is 17.4 Å². The molecule has 0 aliphatic rings. The molecule has 0 aliphatic heterocycles. The van der Waals surface area contributed by atoms with Crippen LogP contribution < -0.4 is 5.73 Å². The molecular weight excluding hydrogens is 166 g/mol. The minimum Gasteiger partial charge on any atom is -0.508 e. The number of phenols is 1. The van der Waals surface area contributed by atoms with Gasteiger partial charge in [0.25, 0.3) is 0 Å². The van der Waals surface area contributed by atoms with Gasteiger partial charge in [-0.25, -0.2) is 4.68 Å². The van der Waals surface area contributed by atoms with Crippen LogP contribution in [0.2, 0.25) is 0 Å². The van der Waals surface area contributed by atoms with Crippen molar-refractivity contribution in [3.8, 4) is 5.75 Å². The molecule has 0 bridgehead atoms. The Hall–Kier alpha value is -1.71. The van der Waals surface area contributed by atoms with E-state index in [-0.39, 0.29) is 5.75 Å². The summed E-state index contributed by atoms with van der Waals surface area (Å²) >= 11 is 0. The molecule has 0 unspecified atom stereocenters. The highest BCUT2D eigenvalue weighted by Crippen LogP contribution is 2.24. The van der Waals surface area contributed by atoms with Gasteiger partial charge in [0.05, 0.1) is 5.52 Å². The molecule has 0 radical (unpaired) electrons. The van der Waals surface area contributed by atoms with Crippen LogP contribution >= 0.6 is 0 Å². The van der Waals surface area contributed by atoms with Gasteiger partial charge in [-0.1, -0.05) is 0 Å². The van der Waals surface area contributed by atoms with Gasteiger partial charge in [0.1, 0.15) is 11.6 Å². The summed E-state index contributed by atoms with van der Waals surface area (Å²) in [5.41, 5.74) is 6.62. The third-order valence-corrected chi connectivity index (χ3v) is 2.06. The number of nitrogens with two attached hydrogens (primary N) is 1. The molecule has 13 heavy (non-hydrogen) atoms. The molecule has 2 aromatic rings. The van der Waals surface area contributed by atoms with E-state index in [1.807, 2.05) is 6.92 Å². The quantitative estimate of drug-likeness (QED) is 0.691. The predicted molar refractivity (Wildman–Crippen MR) is 51.5 cm³/mol. The van der Waals surface area contributed by atoms with Crippen molar-refractivity contribution in [2.45, 2.75) is 13.5 Å². The Kier molecular flexibility index (Phi) is 1.62. The van der Waals surface area contributed by atoms with Crippen molar-refractivity contribution in [2.75, 3.05) is 5.73 Å². The molecule has 4 nitrogen and oxygen atoms in total. The first-order valence-electron chi connectivity index (χ1n) is 4.17. The highest BCUT2D eigenvalue weighted by atomic mass is 16.3. The lowest BCUT2D eigenvalue weighted by molar-refractivity contribution is 0.476. The largest absolute Gasteiger partial charge is 0.508 e. The van der Waals surface area contributed by atoms with Gasteiger partial charge in [-0.15, -0.1) is 0 Å². The van der Waals surface area contributed by atoms with Gasteiger partial charge in [-0.05, 0) is 25.1 Å². The van der Waals surface area contributed by atoms with E-state index in [9.17, 15) is 5.11 Å². The topological polar surface area (TPSA) is 64.1 Å². The first-order chi connectivity index (χ1) is 6.22. The van der Waals surface area contributed by atoms with Crippen LogP contribution in [0.15, 0.2) is 18.2 Å². The maximum absolute atomic E-state index is 9.24. The van der Waals surface area contributed by atoms with Crippen LogP contribution in [0, 0.1) is 0 Å². The van der Waals surface area contributed by atoms with Crippen LogP contribution in [-0.4, -0.2) is 14.9 Å². The van der Waals surface area contributed by atoms with Crippen molar-refractivity contribution in [1.82, 2.24) is 9.78 Å². The highest BCUT2D eigenvalue weighted by Gasteiger charge is 2.06. The molecule has 0 saturated carbocycles. The molecular formula is C9H11N3O. The van der Waals surface area contributed by atoms with Crippen molar-refractivity contribution in [3.63, 3.8) is 0 Å². The van der Waals surface area contributed by atoms with Gasteiger partial charge in [0.15, 0.2) is 0 Å². The third kappa shape index (κ3) is 1.11. The molecule has 2 rings (SSSR count). The van der Waals surface area contributed by atoms with Crippen molar-refractivity contribution in [1.29, 1.82) is 0 Å². The van der Waals surface area contributed by atoms with Crippen molar-refractivity contribution >= 4 is 16.7 Å². The van der Waals surface area contributed by atoms with Gasteiger partial charge in [0.2, 0.25) is 0 Å². The van der Waals surface area contributed by atoms with Gasteiger partial charge in [0, 0.05) is 11.9 Å². The number of anilines is 1. The summed E-state index contributed by atoms with van der Waals surface area (Å²) in [6, 6.07) is 4.99. The normalized spacial score (nSPS) is 10.8. The lowest BCUT2D eigenvalue weighted by Gasteiger charge is -1.96. The number of hydrogen-bond donors (Lipinski definition) is 2. The molecule has 4 heteroatoms. The van der Waals surface area contributed by atoms with Crippen LogP contribution in [0.5, 0.6) is 5.75 Å². The van der Waals surface area contributed by atoms with Crippen LogP contribution in [0.25, 0.3) is 10.9 Å². The number of aryl methyl sites for hydroxylation is 1. The van der Waals surface area contributed by atoms with E-state index in [0.29, 0.717) is 5.82 Å². The van der Waals surface area contributed by atoms with Gasteiger partial charge >= 0.3 is 0 Å². The summed E-state index contributed by atoms with van der Waals surface area (Å²) in [6.45, 7) is 2.71. The summed E-state index contributed by atoms with van der Waals surface area (Å²) in [4.78, 5) is 0. The molecule has 0 spiro atoms. The summed E-state index contributed by atoms with van der Waals surface area (Å²) < 4.78 is 1.71. The molecule has 68 valence electrons. The fraction of sp³-hybridized carbons (Fsp3) is 0.222. The molecule has 0 amide bonds. The number of fused-ring (bicyclic) bond motifs is 1. The Balaban J connectivity index is 2.77. The molecule has 1 aromatic heterocycles. The zero-order chi connectivity index (χ0) is 9.42. The number of benzene rings is 1. The number of hydrogen-bond acceptors (Lipinski definition) is 3. The Morgan fingerprint density at radius 1 is 1.54 bits per heavy atom. The Bertz CT molecular complexity index is 447. The van der Waals surface area contributed by atoms with Gasteiger partial charge < -0.3 is 10.8 Å². The number of aromatic nitrogens is 2. The SMILES string of the molecule is CCn1nc2ccc(O)cc2c1N. The minimum atomic E-state index is 0.217.